The molecule has 90 valence electrons. The fraction of sp³-hybridized carbons (Fsp3) is 0.571. The van der Waals surface area contributed by atoms with Crippen LogP contribution in [0.3, 0.4) is 0 Å². The molecule has 0 heterocycles. The number of halogens is 1. The average Bonchev–Trinajstić information content (AvgIpc) is 2.21. The molecule has 0 aliphatic rings. The molecule has 0 saturated heterocycles. The molecule has 0 aromatic heterocycles. The maximum Gasteiger partial charge on any atom is 0.0583 e. The zero-order valence-electron chi connectivity index (χ0n) is 10.1. The van der Waals surface area contributed by atoms with Crippen LogP contribution >= 0.6 is 11.6 Å². The topological polar surface area (TPSA) is 20.2 Å². The summed E-state index contributed by atoms with van der Waals surface area (Å²) in [6.45, 7) is 4.37. The van der Waals surface area contributed by atoms with Crippen molar-refractivity contribution in [1.82, 2.24) is 0 Å². The Kier molecular flexibility index (Phi) is 5.86. The van der Waals surface area contributed by atoms with E-state index in [-0.39, 0.29) is 6.10 Å². The molecule has 1 rings (SSSR count). The van der Waals surface area contributed by atoms with E-state index in [0.29, 0.717) is 12.3 Å². The number of aliphatic hydroxyl groups excluding tert-OH is 1. The Morgan fingerprint density at radius 2 is 2.00 bits per heavy atom. The van der Waals surface area contributed by atoms with Crippen molar-refractivity contribution in [2.75, 3.05) is 0 Å². The van der Waals surface area contributed by atoms with E-state index in [1.807, 2.05) is 24.3 Å². The second-order valence-corrected chi connectivity index (χ2v) is 4.99. The molecule has 0 aliphatic carbocycles. The molecular formula is C14H21ClO. The predicted molar refractivity (Wildman–Crippen MR) is 69.9 cm³/mol. The minimum absolute atomic E-state index is 0.276. The first kappa shape index (κ1) is 13.5. The zero-order chi connectivity index (χ0) is 12.0. The Hall–Kier alpha value is -0.530. The van der Waals surface area contributed by atoms with Crippen molar-refractivity contribution >= 4 is 11.6 Å². The standard InChI is InChI=1S/C14H21ClO/c1-3-6-11(2)9-13(16)10-12-7-4-5-8-14(12)15/h4-5,7-8,11,13,16H,3,6,9-10H2,1-2H3. The van der Waals surface area contributed by atoms with E-state index in [2.05, 4.69) is 13.8 Å². The molecular weight excluding hydrogens is 220 g/mol. The summed E-state index contributed by atoms with van der Waals surface area (Å²) in [5, 5.41) is 10.7. The van der Waals surface area contributed by atoms with E-state index >= 15 is 0 Å². The number of hydrogen-bond acceptors (Lipinski definition) is 1. The highest BCUT2D eigenvalue weighted by Gasteiger charge is 2.11. The van der Waals surface area contributed by atoms with Gasteiger partial charge in [-0.05, 0) is 30.4 Å². The van der Waals surface area contributed by atoms with Crippen LogP contribution in [0.5, 0.6) is 0 Å². The second kappa shape index (κ2) is 6.93. The summed E-state index contributed by atoms with van der Waals surface area (Å²) in [5.74, 6) is 0.586. The molecule has 2 atom stereocenters. The van der Waals surface area contributed by atoms with Crippen molar-refractivity contribution in [3.05, 3.63) is 34.9 Å². The molecule has 2 heteroatoms. The number of benzene rings is 1. The van der Waals surface area contributed by atoms with Gasteiger partial charge in [-0.15, -0.1) is 0 Å². The van der Waals surface area contributed by atoms with Crippen molar-refractivity contribution in [3.63, 3.8) is 0 Å². The summed E-state index contributed by atoms with van der Waals surface area (Å²) in [6, 6.07) is 7.73. The summed E-state index contributed by atoms with van der Waals surface area (Å²) in [4.78, 5) is 0. The van der Waals surface area contributed by atoms with Gasteiger partial charge < -0.3 is 5.11 Å². The molecule has 0 bridgehead atoms. The van der Waals surface area contributed by atoms with Gasteiger partial charge in [-0.3, -0.25) is 0 Å². The fourth-order valence-electron chi connectivity index (χ4n) is 2.08. The maximum atomic E-state index is 9.97. The van der Waals surface area contributed by atoms with Gasteiger partial charge in [-0.2, -0.15) is 0 Å². The van der Waals surface area contributed by atoms with Gasteiger partial charge in [0.05, 0.1) is 6.10 Å². The van der Waals surface area contributed by atoms with Crippen LogP contribution in [0.25, 0.3) is 0 Å². The molecule has 1 nitrogen and oxygen atoms in total. The van der Waals surface area contributed by atoms with Crippen LogP contribution in [-0.4, -0.2) is 11.2 Å². The molecule has 1 aromatic rings. The molecule has 0 saturated carbocycles. The maximum absolute atomic E-state index is 9.97. The van der Waals surface area contributed by atoms with E-state index in [9.17, 15) is 5.11 Å². The monoisotopic (exact) mass is 240 g/mol. The number of aliphatic hydroxyl groups is 1. The minimum Gasteiger partial charge on any atom is -0.393 e. The SMILES string of the molecule is CCCC(C)CC(O)Cc1ccccc1Cl. The van der Waals surface area contributed by atoms with Gasteiger partial charge in [0.25, 0.3) is 0 Å². The lowest BCUT2D eigenvalue weighted by molar-refractivity contribution is 0.143. The summed E-state index contributed by atoms with van der Waals surface area (Å²) >= 11 is 6.05. The largest absolute Gasteiger partial charge is 0.393 e. The third-order valence-corrected chi connectivity index (χ3v) is 3.24. The van der Waals surface area contributed by atoms with Crippen LogP contribution in [0.1, 0.15) is 38.7 Å². The van der Waals surface area contributed by atoms with E-state index < -0.39 is 0 Å². The lowest BCUT2D eigenvalue weighted by Crippen LogP contribution is -2.14. The van der Waals surface area contributed by atoms with E-state index in [1.54, 1.807) is 0 Å². The smallest absolute Gasteiger partial charge is 0.0583 e. The van der Waals surface area contributed by atoms with Gasteiger partial charge in [0.2, 0.25) is 0 Å². The van der Waals surface area contributed by atoms with Gasteiger partial charge in [0.1, 0.15) is 0 Å². The van der Waals surface area contributed by atoms with Crippen molar-refractivity contribution < 1.29 is 5.11 Å². The highest BCUT2D eigenvalue weighted by atomic mass is 35.5. The van der Waals surface area contributed by atoms with Gasteiger partial charge in [0.15, 0.2) is 0 Å². The van der Waals surface area contributed by atoms with Crippen LogP contribution in [0.15, 0.2) is 24.3 Å². The van der Waals surface area contributed by atoms with Gasteiger partial charge in [-0.1, -0.05) is 56.5 Å². The molecule has 1 aromatic carbocycles. The predicted octanol–water partition coefficient (Wildman–Crippen LogP) is 4.07. The van der Waals surface area contributed by atoms with Crippen LogP contribution in [0.2, 0.25) is 5.02 Å². The van der Waals surface area contributed by atoms with Crippen molar-refractivity contribution in [1.29, 1.82) is 0 Å². The lowest BCUT2D eigenvalue weighted by Gasteiger charge is -2.16. The van der Waals surface area contributed by atoms with E-state index in [0.717, 1.165) is 17.0 Å². The summed E-state index contributed by atoms with van der Waals surface area (Å²) < 4.78 is 0. The van der Waals surface area contributed by atoms with Crippen molar-refractivity contribution in [2.45, 2.75) is 45.6 Å². The molecule has 0 amide bonds. The highest BCUT2D eigenvalue weighted by molar-refractivity contribution is 6.31. The minimum atomic E-state index is -0.276. The van der Waals surface area contributed by atoms with Crippen LogP contribution in [0, 0.1) is 5.92 Å². The first-order valence-corrected chi connectivity index (χ1v) is 6.42. The summed E-state index contributed by atoms with van der Waals surface area (Å²) in [7, 11) is 0. The molecule has 0 spiro atoms. The Bertz CT molecular complexity index is 311. The molecule has 0 aliphatic heterocycles. The second-order valence-electron chi connectivity index (χ2n) is 4.58. The van der Waals surface area contributed by atoms with E-state index in [1.165, 1.54) is 12.8 Å². The third kappa shape index (κ3) is 4.54. The Balaban J connectivity index is 2.45. The van der Waals surface area contributed by atoms with E-state index in [4.69, 9.17) is 11.6 Å². The molecule has 1 N–H and O–H groups in total. The summed E-state index contributed by atoms with van der Waals surface area (Å²) in [5.41, 5.74) is 1.04. The van der Waals surface area contributed by atoms with Crippen LogP contribution in [0.4, 0.5) is 0 Å². The van der Waals surface area contributed by atoms with Crippen LogP contribution < -0.4 is 0 Å². The Morgan fingerprint density at radius 1 is 1.31 bits per heavy atom. The number of rotatable bonds is 6. The molecule has 16 heavy (non-hydrogen) atoms. The van der Waals surface area contributed by atoms with Crippen molar-refractivity contribution in [3.8, 4) is 0 Å². The Labute approximate surface area is 103 Å². The quantitative estimate of drug-likeness (QED) is 0.795. The van der Waals surface area contributed by atoms with Gasteiger partial charge in [-0.25, -0.2) is 0 Å². The zero-order valence-corrected chi connectivity index (χ0v) is 10.9. The molecule has 0 radical (unpaired) electrons. The molecule has 2 unspecified atom stereocenters. The highest BCUT2D eigenvalue weighted by Crippen LogP contribution is 2.20. The van der Waals surface area contributed by atoms with Crippen molar-refractivity contribution in [2.24, 2.45) is 5.92 Å². The molecule has 0 fully saturated rings. The Morgan fingerprint density at radius 3 is 2.62 bits per heavy atom. The van der Waals surface area contributed by atoms with Crippen LogP contribution in [-0.2, 0) is 6.42 Å². The number of hydrogen-bond donors (Lipinski definition) is 1. The first-order valence-electron chi connectivity index (χ1n) is 6.05. The van der Waals surface area contributed by atoms with Gasteiger partial charge >= 0.3 is 0 Å². The van der Waals surface area contributed by atoms with Gasteiger partial charge in [0, 0.05) is 5.02 Å². The average molecular weight is 241 g/mol. The fourth-order valence-corrected chi connectivity index (χ4v) is 2.29. The summed E-state index contributed by atoms with van der Waals surface area (Å²) in [6.07, 6.45) is 3.60. The third-order valence-electron chi connectivity index (χ3n) is 2.87. The lowest BCUT2D eigenvalue weighted by atomic mass is 9.95. The first-order chi connectivity index (χ1) is 7.63. The normalized spacial score (nSPS) is 14.8.